The Bertz CT molecular complexity index is 362. The van der Waals surface area contributed by atoms with Gasteiger partial charge in [0, 0.05) is 25.7 Å². The number of hydrogen-bond donors (Lipinski definition) is 1. The van der Waals surface area contributed by atoms with Crippen molar-refractivity contribution < 1.29 is 14.3 Å². The van der Waals surface area contributed by atoms with Crippen molar-refractivity contribution in [3.63, 3.8) is 0 Å². The fourth-order valence-corrected chi connectivity index (χ4v) is 3.28. The zero-order valence-corrected chi connectivity index (χ0v) is 15.1. The third kappa shape index (κ3) is 7.08. The molecule has 2 aliphatic rings. The monoisotopic (exact) mass is 326 g/mol. The maximum absolute atomic E-state index is 12.0. The summed E-state index contributed by atoms with van der Waals surface area (Å²) in [5.74, 6) is 0. The average molecular weight is 326 g/mol. The molecule has 0 spiro atoms. The van der Waals surface area contributed by atoms with Gasteiger partial charge in [0.05, 0.1) is 6.10 Å². The predicted molar refractivity (Wildman–Crippen MR) is 91.7 cm³/mol. The molecule has 23 heavy (non-hydrogen) atoms. The minimum atomic E-state index is -0.418. The molecule has 1 saturated carbocycles. The molecule has 0 aromatic heterocycles. The van der Waals surface area contributed by atoms with Gasteiger partial charge in [0.15, 0.2) is 0 Å². The Morgan fingerprint density at radius 2 is 1.91 bits per heavy atom. The molecule has 1 aliphatic heterocycles. The van der Waals surface area contributed by atoms with Gasteiger partial charge in [-0.05, 0) is 53.0 Å². The molecule has 1 amide bonds. The van der Waals surface area contributed by atoms with E-state index in [0.29, 0.717) is 12.1 Å². The Morgan fingerprint density at radius 1 is 1.17 bits per heavy atom. The van der Waals surface area contributed by atoms with E-state index in [0.717, 1.165) is 39.1 Å². The molecule has 0 aromatic carbocycles. The summed E-state index contributed by atoms with van der Waals surface area (Å²) in [6.07, 6.45) is 8.85. The maximum atomic E-state index is 12.0. The van der Waals surface area contributed by atoms with Gasteiger partial charge in [-0.1, -0.05) is 19.3 Å². The Hall–Kier alpha value is -0.810. The fourth-order valence-electron chi connectivity index (χ4n) is 3.28. The van der Waals surface area contributed by atoms with Crippen LogP contribution in [0.5, 0.6) is 0 Å². The summed E-state index contributed by atoms with van der Waals surface area (Å²) in [7, 11) is 0. The lowest BCUT2D eigenvalue weighted by molar-refractivity contribution is 0.0262. The first-order chi connectivity index (χ1) is 10.9. The zero-order valence-electron chi connectivity index (χ0n) is 15.1. The van der Waals surface area contributed by atoms with E-state index >= 15 is 0 Å². The number of carbonyl (C=O) groups excluding carboxylic acids is 1. The van der Waals surface area contributed by atoms with E-state index in [2.05, 4.69) is 5.32 Å². The second-order valence-corrected chi connectivity index (χ2v) is 7.85. The third-order valence-corrected chi connectivity index (χ3v) is 4.50. The third-order valence-electron chi connectivity index (χ3n) is 4.50. The molecule has 1 atom stereocenters. The summed E-state index contributed by atoms with van der Waals surface area (Å²) in [5.41, 5.74) is -0.418. The highest BCUT2D eigenvalue weighted by Gasteiger charge is 2.29. The van der Waals surface area contributed by atoms with Gasteiger partial charge in [-0.15, -0.1) is 0 Å². The van der Waals surface area contributed by atoms with E-state index in [-0.39, 0.29) is 6.09 Å². The molecule has 2 fully saturated rings. The number of nitrogens with one attached hydrogen (secondary N) is 1. The number of likely N-dealkylation sites (tertiary alicyclic amines) is 1. The topological polar surface area (TPSA) is 50.8 Å². The summed E-state index contributed by atoms with van der Waals surface area (Å²) in [4.78, 5) is 13.8. The molecule has 1 N–H and O–H groups in total. The summed E-state index contributed by atoms with van der Waals surface area (Å²) < 4.78 is 11.4. The minimum Gasteiger partial charge on any atom is -0.444 e. The molecular weight excluding hydrogens is 292 g/mol. The van der Waals surface area contributed by atoms with Gasteiger partial charge >= 0.3 is 6.09 Å². The Kier molecular flexibility index (Phi) is 7.15. The molecule has 1 aliphatic carbocycles. The lowest BCUT2D eigenvalue weighted by Crippen LogP contribution is -2.38. The lowest BCUT2D eigenvalue weighted by atomic mass is 9.98. The first-order valence-electron chi connectivity index (χ1n) is 9.27. The van der Waals surface area contributed by atoms with Crippen molar-refractivity contribution in [2.45, 2.75) is 83.5 Å². The Balaban J connectivity index is 1.52. The van der Waals surface area contributed by atoms with Crippen molar-refractivity contribution in [1.29, 1.82) is 0 Å². The Morgan fingerprint density at radius 3 is 2.61 bits per heavy atom. The van der Waals surface area contributed by atoms with Crippen LogP contribution in [0.4, 0.5) is 4.79 Å². The quantitative estimate of drug-likeness (QED) is 0.761. The van der Waals surface area contributed by atoms with E-state index in [9.17, 15) is 4.79 Å². The van der Waals surface area contributed by atoms with Crippen molar-refractivity contribution in [3.05, 3.63) is 0 Å². The highest BCUT2D eigenvalue weighted by molar-refractivity contribution is 5.68. The van der Waals surface area contributed by atoms with Gasteiger partial charge in [-0.25, -0.2) is 4.79 Å². The average Bonchev–Trinajstić information content (AvgIpc) is 2.95. The fraction of sp³-hybridized carbons (Fsp3) is 0.944. The van der Waals surface area contributed by atoms with Crippen LogP contribution in [-0.2, 0) is 9.47 Å². The van der Waals surface area contributed by atoms with Crippen LogP contribution in [-0.4, -0.2) is 55.0 Å². The van der Waals surface area contributed by atoms with Crippen LogP contribution in [0, 0.1) is 0 Å². The molecule has 0 radical (unpaired) electrons. The van der Waals surface area contributed by atoms with E-state index in [1.807, 2.05) is 20.8 Å². The highest BCUT2D eigenvalue weighted by atomic mass is 16.6. The number of rotatable bonds is 6. The summed E-state index contributed by atoms with van der Waals surface area (Å²) >= 11 is 0. The van der Waals surface area contributed by atoms with Gasteiger partial charge in [-0.2, -0.15) is 0 Å². The van der Waals surface area contributed by atoms with Gasteiger partial charge < -0.3 is 19.7 Å². The standard InChI is InChI=1S/C18H34N2O3/c1-18(2,3)23-17(21)20-12-10-15(14-20)19-11-7-13-22-16-8-5-4-6-9-16/h15-16,19H,4-14H2,1-3H3/t15-/m1/s1. The zero-order chi connectivity index (χ0) is 16.7. The van der Waals surface area contributed by atoms with E-state index in [1.54, 1.807) is 4.90 Å². The number of amides is 1. The number of ether oxygens (including phenoxy) is 2. The molecule has 0 bridgehead atoms. The Labute approximate surface area is 141 Å². The van der Waals surface area contributed by atoms with Crippen molar-refractivity contribution in [2.24, 2.45) is 0 Å². The molecule has 1 heterocycles. The first kappa shape index (κ1) is 18.5. The summed E-state index contributed by atoms with van der Waals surface area (Å²) in [6.45, 7) is 9.05. The molecule has 0 unspecified atom stereocenters. The lowest BCUT2D eigenvalue weighted by Gasteiger charge is -2.24. The number of hydrogen-bond acceptors (Lipinski definition) is 4. The van der Waals surface area contributed by atoms with E-state index in [1.165, 1.54) is 32.1 Å². The van der Waals surface area contributed by atoms with Crippen LogP contribution in [0.1, 0.15) is 65.7 Å². The van der Waals surface area contributed by atoms with Crippen LogP contribution in [0.3, 0.4) is 0 Å². The van der Waals surface area contributed by atoms with Crippen molar-refractivity contribution >= 4 is 6.09 Å². The van der Waals surface area contributed by atoms with Crippen LogP contribution < -0.4 is 5.32 Å². The van der Waals surface area contributed by atoms with Crippen molar-refractivity contribution in [1.82, 2.24) is 10.2 Å². The van der Waals surface area contributed by atoms with Crippen molar-refractivity contribution in [2.75, 3.05) is 26.2 Å². The first-order valence-corrected chi connectivity index (χ1v) is 9.27. The SMILES string of the molecule is CC(C)(C)OC(=O)N1CC[C@@H](NCCCOC2CCCCC2)C1. The maximum Gasteiger partial charge on any atom is 0.410 e. The van der Waals surface area contributed by atoms with Crippen LogP contribution >= 0.6 is 0 Å². The second-order valence-electron chi connectivity index (χ2n) is 7.85. The summed E-state index contributed by atoms with van der Waals surface area (Å²) in [6, 6.07) is 0.386. The molecule has 5 heteroatoms. The summed E-state index contributed by atoms with van der Waals surface area (Å²) in [5, 5.41) is 3.54. The van der Waals surface area contributed by atoms with Gasteiger partial charge in [-0.3, -0.25) is 0 Å². The van der Waals surface area contributed by atoms with Gasteiger partial charge in [0.1, 0.15) is 5.60 Å². The molecule has 5 nitrogen and oxygen atoms in total. The van der Waals surface area contributed by atoms with Crippen molar-refractivity contribution in [3.8, 4) is 0 Å². The van der Waals surface area contributed by atoms with E-state index < -0.39 is 5.60 Å². The largest absolute Gasteiger partial charge is 0.444 e. The molecule has 0 aromatic rings. The molecule has 1 saturated heterocycles. The van der Waals surface area contributed by atoms with E-state index in [4.69, 9.17) is 9.47 Å². The predicted octanol–water partition coefficient (Wildman–Crippen LogP) is 3.32. The smallest absolute Gasteiger partial charge is 0.410 e. The number of carbonyl (C=O) groups is 1. The second kappa shape index (κ2) is 8.88. The molecule has 2 rings (SSSR count). The van der Waals surface area contributed by atoms with Gasteiger partial charge in [0.25, 0.3) is 0 Å². The molecular formula is C18H34N2O3. The minimum absolute atomic E-state index is 0.192. The number of nitrogens with zero attached hydrogens (tertiary/aromatic N) is 1. The van der Waals surface area contributed by atoms with Crippen LogP contribution in [0.25, 0.3) is 0 Å². The normalized spacial score (nSPS) is 23.3. The molecule has 134 valence electrons. The van der Waals surface area contributed by atoms with Crippen LogP contribution in [0.2, 0.25) is 0 Å². The highest BCUT2D eigenvalue weighted by Crippen LogP contribution is 2.20. The van der Waals surface area contributed by atoms with Gasteiger partial charge in [0.2, 0.25) is 0 Å². The van der Waals surface area contributed by atoms with Crippen LogP contribution in [0.15, 0.2) is 0 Å².